The van der Waals surface area contributed by atoms with Gasteiger partial charge in [0.1, 0.15) is 0 Å². The lowest BCUT2D eigenvalue weighted by molar-refractivity contribution is 0.301. The van der Waals surface area contributed by atoms with Gasteiger partial charge < -0.3 is 0 Å². The van der Waals surface area contributed by atoms with E-state index in [0.29, 0.717) is 0 Å². The van der Waals surface area contributed by atoms with Crippen LogP contribution in [0.1, 0.15) is 71.6 Å². The van der Waals surface area contributed by atoms with E-state index in [-0.39, 0.29) is 0 Å². The summed E-state index contributed by atoms with van der Waals surface area (Å²) in [5, 5.41) is 0. The van der Waals surface area contributed by atoms with Gasteiger partial charge in [-0.15, -0.1) is 0 Å². The van der Waals surface area contributed by atoms with Crippen LogP contribution in [-0.4, -0.2) is 0 Å². The predicted molar refractivity (Wildman–Crippen MR) is 85.1 cm³/mol. The molecule has 0 aliphatic heterocycles. The first kappa shape index (κ1) is 14.9. The summed E-state index contributed by atoms with van der Waals surface area (Å²) in [5.74, 6) is 3.68. The van der Waals surface area contributed by atoms with Crippen LogP contribution < -0.4 is 0 Å². The molecule has 0 nitrogen and oxygen atoms in total. The monoisotopic (exact) mass is 260 g/mol. The smallest absolute Gasteiger partial charge is 0.0233 e. The van der Waals surface area contributed by atoms with E-state index in [1.54, 1.807) is 0 Å². The summed E-state index contributed by atoms with van der Waals surface area (Å²) in [6.07, 6.45) is 22.7. The molecule has 0 spiro atoms. The van der Waals surface area contributed by atoms with Crippen molar-refractivity contribution in [3.05, 3.63) is 24.3 Å². The maximum absolute atomic E-state index is 2.58. The molecule has 2 aliphatic carbocycles. The summed E-state index contributed by atoms with van der Waals surface area (Å²) in [6.45, 7) is 4.50. The van der Waals surface area contributed by atoms with Crippen LogP contribution in [0.4, 0.5) is 0 Å². The zero-order valence-electron chi connectivity index (χ0n) is 13.0. The van der Waals surface area contributed by atoms with Gasteiger partial charge in [-0.2, -0.15) is 0 Å². The van der Waals surface area contributed by atoms with Crippen LogP contribution in [0, 0.1) is 23.7 Å². The molecule has 0 bridgehead atoms. The molecule has 0 unspecified atom stereocenters. The lowest BCUT2D eigenvalue weighted by Crippen LogP contribution is -2.14. The molecule has 19 heavy (non-hydrogen) atoms. The first-order valence-corrected chi connectivity index (χ1v) is 8.63. The third-order valence-corrected chi connectivity index (χ3v) is 5.41. The van der Waals surface area contributed by atoms with Gasteiger partial charge in [0.15, 0.2) is 0 Å². The average molecular weight is 260 g/mol. The Hall–Kier alpha value is -0.520. The Morgan fingerprint density at radius 1 is 0.684 bits per heavy atom. The maximum Gasteiger partial charge on any atom is -0.0233 e. The Morgan fingerprint density at radius 3 is 1.53 bits per heavy atom. The average Bonchev–Trinajstić information content (AvgIpc) is 2.47. The molecular weight excluding hydrogens is 228 g/mol. The van der Waals surface area contributed by atoms with Crippen molar-refractivity contribution in [2.75, 3.05) is 0 Å². The van der Waals surface area contributed by atoms with Gasteiger partial charge in [-0.3, -0.25) is 0 Å². The van der Waals surface area contributed by atoms with Crippen molar-refractivity contribution in [1.82, 2.24) is 0 Å². The normalized spacial score (nSPS) is 37.2. The van der Waals surface area contributed by atoms with Crippen molar-refractivity contribution in [3.8, 4) is 0 Å². The van der Waals surface area contributed by atoms with Gasteiger partial charge in [0.2, 0.25) is 0 Å². The van der Waals surface area contributed by atoms with E-state index in [2.05, 4.69) is 38.2 Å². The lowest BCUT2D eigenvalue weighted by atomic mass is 9.78. The number of hydrogen-bond donors (Lipinski definition) is 0. The molecule has 0 aromatic heterocycles. The van der Waals surface area contributed by atoms with E-state index in [9.17, 15) is 0 Å². The summed E-state index contributed by atoms with van der Waals surface area (Å²) in [4.78, 5) is 0. The van der Waals surface area contributed by atoms with Crippen LogP contribution in [0.15, 0.2) is 24.3 Å². The largest absolute Gasteiger partial charge is 0.0914 e. The molecule has 2 rings (SSSR count). The molecule has 0 amide bonds. The van der Waals surface area contributed by atoms with Crippen molar-refractivity contribution >= 4 is 0 Å². The molecule has 0 N–H and O–H groups in total. The van der Waals surface area contributed by atoms with Crippen molar-refractivity contribution in [2.45, 2.75) is 71.6 Å². The highest BCUT2D eigenvalue weighted by atomic mass is 14.3. The van der Waals surface area contributed by atoms with Crippen molar-refractivity contribution in [3.63, 3.8) is 0 Å². The highest BCUT2D eigenvalue weighted by Gasteiger charge is 2.20. The van der Waals surface area contributed by atoms with Gasteiger partial charge in [0, 0.05) is 0 Å². The van der Waals surface area contributed by atoms with Gasteiger partial charge in [0.05, 0.1) is 0 Å². The summed E-state index contributed by atoms with van der Waals surface area (Å²) < 4.78 is 0. The molecule has 0 heterocycles. The van der Waals surface area contributed by atoms with Gasteiger partial charge in [-0.1, -0.05) is 37.6 Å². The molecule has 108 valence electrons. The second-order valence-electron chi connectivity index (χ2n) is 6.77. The summed E-state index contributed by atoms with van der Waals surface area (Å²) in [6, 6.07) is 0. The van der Waals surface area contributed by atoms with E-state index in [1.807, 2.05) is 0 Å². The third-order valence-electron chi connectivity index (χ3n) is 5.41. The van der Waals surface area contributed by atoms with E-state index in [4.69, 9.17) is 0 Å². The van der Waals surface area contributed by atoms with E-state index in [1.165, 1.54) is 57.8 Å². The minimum Gasteiger partial charge on any atom is -0.0914 e. The number of allylic oxidation sites excluding steroid dienone is 4. The molecular formula is C19H32. The molecule has 2 aliphatic rings. The lowest BCUT2D eigenvalue weighted by Gasteiger charge is -2.27. The van der Waals surface area contributed by atoms with Crippen LogP contribution in [0.25, 0.3) is 0 Å². The maximum atomic E-state index is 2.58. The minimum atomic E-state index is 0.870. The fraction of sp³-hybridized carbons (Fsp3) is 0.789. The molecule has 0 atom stereocenters. The first-order chi connectivity index (χ1) is 9.31. The van der Waals surface area contributed by atoms with Gasteiger partial charge in [-0.05, 0) is 82.0 Å². The zero-order chi connectivity index (χ0) is 13.5. The standard InChI is InChI=1S/C19H32/c1-3-5-17-10-12-19(13-11-17)15-14-18-8-6-16(4-2)7-9-18/h3,5,14-19H,4,6-13H2,1-2H3/b5-3+,15-14+. The molecule has 2 saturated carbocycles. The Bertz CT molecular complexity index is 283. The fourth-order valence-electron chi connectivity index (χ4n) is 3.91. The predicted octanol–water partition coefficient (Wildman–Crippen LogP) is 6.14. The van der Waals surface area contributed by atoms with Crippen LogP contribution in [-0.2, 0) is 0 Å². The van der Waals surface area contributed by atoms with E-state index in [0.717, 1.165) is 23.7 Å². The Balaban J connectivity index is 1.69. The summed E-state index contributed by atoms with van der Waals surface area (Å²) in [7, 11) is 0. The van der Waals surface area contributed by atoms with E-state index < -0.39 is 0 Å². The summed E-state index contributed by atoms with van der Waals surface area (Å²) in [5.41, 5.74) is 0. The molecule has 0 saturated heterocycles. The first-order valence-electron chi connectivity index (χ1n) is 8.63. The van der Waals surface area contributed by atoms with E-state index >= 15 is 0 Å². The fourth-order valence-corrected chi connectivity index (χ4v) is 3.91. The quantitative estimate of drug-likeness (QED) is 0.532. The molecule has 0 aromatic rings. The molecule has 0 heteroatoms. The number of rotatable bonds is 4. The van der Waals surface area contributed by atoms with Crippen LogP contribution in [0.2, 0.25) is 0 Å². The Morgan fingerprint density at radius 2 is 1.11 bits per heavy atom. The molecule has 0 aromatic carbocycles. The summed E-state index contributed by atoms with van der Waals surface area (Å²) >= 11 is 0. The van der Waals surface area contributed by atoms with Gasteiger partial charge in [-0.25, -0.2) is 0 Å². The van der Waals surface area contributed by atoms with Crippen LogP contribution >= 0.6 is 0 Å². The van der Waals surface area contributed by atoms with Gasteiger partial charge in [0.25, 0.3) is 0 Å². The van der Waals surface area contributed by atoms with Crippen LogP contribution in [0.5, 0.6) is 0 Å². The minimum absolute atomic E-state index is 0.870. The Labute approximate surface area is 120 Å². The molecule has 2 fully saturated rings. The third kappa shape index (κ3) is 4.82. The SMILES string of the molecule is C/C=C/C1CCC(/C=C/C2CCC(CC)CC2)CC1. The highest BCUT2D eigenvalue weighted by molar-refractivity contribution is 4.98. The zero-order valence-corrected chi connectivity index (χ0v) is 13.0. The van der Waals surface area contributed by atoms with Crippen molar-refractivity contribution in [2.24, 2.45) is 23.7 Å². The topological polar surface area (TPSA) is 0 Å². The van der Waals surface area contributed by atoms with Crippen molar-refractivity contribution < 1.29 is 0 Å². The highest BCUT2D eigenvalue weighted by Crippen LogP contribution is 2.34. The van der Waals surface area contributed by atoms with Gasteiger partial charge >= 0.3 is 0 Å². The van der Waals surface area contributed by atoms with Crippen LogP contribution in [0.3, 0.4) is 0 Å². The second-order valence-corrected chi connectivity index (χ2v) is 6.77. The molecule has 0 radical (unpaired) electrons. The Kier molecular flexibility index (Phi) is 6.20. The number of hydrogen-bond acceptors (Lipinski definition) is 0. The second kappa shape index (κ2) is 7.92. The van der Waals surface area contributed by atoms with Crippen molar-refractivity contribution in [1.29, 1.82) is 0 Å².